The highest BCUT2D eigenvalue weighted by Crippen LogP contribution is 2.36. The number of nitrogens with one attached hydrogen (secondary N) is 2. The number of rotatable bonds is 11. The Labute approximate surface area is 517 Å². The Hall–Kier alpha value is -9.99. The fourth-order valence-corrected chi connectivity index (χ4v) is 11.9. The van der Waals surface area contributed by atoms with Gasteiger partial charge in [0.15, 0.2) is 11.5 Å². The number of morpholine rings is 2. The SMILES string of the molecule is Fc1cccc(-c2nc3c(N4CCOCC4)cccc3cc2CNc2ncnc3nc[nH]c23)c1.NCc1cc2cccc(N3CCOCC3)c2nc1-c1cccc(F)c1.O=C1c2ccccc2C(=O)N1Cc1cc2cccc(Br)c2nc1-c1cccc(F)c1. The molecular weight excluding hydrogens is 1200 g/mol. The van der Waals surface area contributed by atoms with E-state index in [1.807, 2.05) is 54.6 Å². The number of anilines is 3. The summed E-state index contributed by atoms with van der Waals surface area (Å²) in [6.07, 6.45) is 3.07. The lowest BCUT2D eigenvalue weighted by Gasteiger charge is -2.29. The fraction of sp³-hybridized carbons (Fsp3) is 0.159. The first-order valence-electron chi connectivity index (χ1n) is 28.9. The second-order valence-corrected chi connectivity index (χ2v) is 22.2. The molecule has 3 aliphatic rings. The predicted molar refractivity (Wildman–Crippen MR) is 343 cm³/mol. The molecule has 0 saturated carbocycles. The van der Waals surface area contributed by atoms with Gasteiger partial charge < -0.3 is 35.3 Å². The van der Waals surface area contributed by atoms with E-state index in [9.17, 15) is 22.8 Å². The molecule has 0 bridgehead atoms. The van der Waals surface area contributed by atoms with Gasteiger partial charge >= 0.3 is 0 Å². The van der Waals surface area contributed by atoms with Crippen LogP contribution in [0.5, 0.6) is 0 Å². The van der Waals surface area contributed by atoms with Crippen LogP contribution in [0.15, 0.2) is 187 Å². The number of imide groups is 1. The minimum Gasteiger partial charge on any atom is -0.378 e. The zero-order valence-electron chi connectivity index (χ0n) is 47.8. The number of aromatic nitrogens is 7. The molecule has 0 unspecified atom stereocenters. The van der Waals surface area contributed by atoms with E-state index in [2.05, 4.69) is 81.3 Å². The molecule has 20 heteroatoms. The number of halogens is 4. The van der Waals surface area contributed by atoms with E-state index in [4.69, 9.17) is 30.2 Å². The van der Waals surface area contributed by atoms with Gasteiger partial charge in [-0.1, -0.05) is 84.9 Å². The third-order valence-corrected chi connectivity index (χ3v) is 16.4. The Bertz CT molecular complexity index is 4620. The molecule has 2 amide bonds. The van der Waals surface area contributed by atoms with Crippen molar-refractivity contribution in [3.63, 3.8) is 0 Å². The van der Waals surface area contributed by atoms with Gasteiger partial charge in [-0.05, 0) is 118 Å². The Balaban J connectivity index is 0.000000124. The molecule has 89 heavy (non-hydrogen) atoms. The smallest absolute Gasteiger partial charge is 0.261 e. The number of hydrogen-bond donors (Lipinski definition) is 3. The molecular formula is C69H56BrF3N12O4. The van der Waals surface area contributed by atoms with Crippen LogP contribution in [-0.4, -0.2) is 104 Å². The van der Waals surface area contributed by atoms with Gasteiger partial charge in [0.1, 0.15) is 29.3 Å². The normalized spacial score (nSPS) is 14.0. The van der Waals surface area contributed by atoms with E-state index in [0.29, 0.717) is 78.9 Å². The van der Waals surface area contributed by atoms with Crippen molar-refractivity contribution in [2.24, 2.45) is 5.73 Å². The van der Waals surface area contributed by atoms with Crippen molar-refractivity contribution >= 4 is 88.8 Å². The second-order valence-electron chi connectivity index (χ2n) is 21.4. The van der Waals surface area contributed by atoms with Crippen LogP contribution >= 0.6 is 15.9 Å². The van der Waals surface area contributed by atoms with Crippen LogP contribution in [0.4, 0.5) is 30.4 Å². The number of nitrogens with zero attached hydrogens (tertiary/aromatic N) is 9. The number of fused-ring (bicyclic) bond motifs is 5. The molecule has 12 aromatic rings. The van der Waals surface area contributed by atoms with Gasteiger partial charge in [-0.25, -0.2) is 43.1 Å². The number of carbonyl (C=O) groups is 2. The zero-order chi connectivity index (χ0) is 61.0. The van der Waals surface area contributed by atoms with E-state index in [0.717, 1.165) is 114 Å². The zero-order valence-corrected chi connectivity index (χ0v) is 49.4. The van der Waals surface area contributed by atoms with E-state index in [-0.39, 0.29) is 35.8 Å². The number of benzene rings is 7. The van der Waals surface area contributed by atoms with E-state index < -0.39 is 0 Å². The highest BCUT2D eigenvalue weighted by atomic mass is 79.9. The number of H-pyrrole nitrogens is 1. The van der Waals surface area contributed by atoms with Gasteiger partial charge in [-0.15, -0.1) is 0 Å². The highest BCUT2D eigenvalue weighted by molar-refractivity contribution is 9.10. The Morgan fingerprint density at radius 1 is 0.528 bits per heavy atom. The van der Waals surface area contributed by atoms with E-state index in [1.165, 1.54) is 47.6 Å². The van der Waals surface area contributed by atoms with Gasteiger partial charge in [0.05, 0.1) is 95.4 Å². The molecule has 8 heterocycles. The first-order chi connectivity index (χ1) is 43.5. The van der Waals surface area contributed by atoms with Crippen LogP contribution in [0, 0.1) is 17.5 Å². The Morgan fingerprint density at radius 2 is 1.00 bits per heavy atom. The predicted octanol–water partition coefficient (Wildman–Crippen LogP) is 13.1. The molecule has 0 aliphatic carbocycles. The average Bonchev–Trinajstić information content (AvgIpc) is 1.92. The number of carbonyl (C=O) groups excluding carboxylic acids is 2. The average molecular weight is 1250 g/mol. The number of para-hydroxylation sites is 3. The van der Waals surface area contributed by atoms with Crippen molar-refractivity contribution in [1.29, 1.82) is 0 Å². The van der Waals surface area contributed by atoms with Crippen LogP contribution in [-0.2, 0) is 29.1 Å². The summed E-state index contributed by atoms with van der Waals surface area (Å²) in [5.41, 5.74) is 19.3. The van der Waals surface area contributed by atoms with Crippen LogP contribution in [0.3, 0.4) is 0 Å². The summed E-state index contributed by atoms with van der Waals surface area (Å²) in [4.78, 5) is 62.0. The summed E-state index contributed by atoms with van der Waals surface area (Å²) in [7, 11) is 0. The third-order valence-electron chi connectivity index (χ3n) is 15.8. The minimum absolute atomic E-state index is 0.0493. The number of hydrogen-bond acceptors (Lipinski definition) is 14. The van der Waals surface area contributed by atoms with Crippen molar-refractivity contribution in [2.45, 2.75) is 19.6 Å². The number of ether oxygens (including phenoxy) is 2. The lowest BCUT2D eigenvalue weighted by molar-refractivity contribution is 0.0642. The summed E-state index contributed by atoms with van der Waals surface area (Å²) in [5, 5.41) is 6.30. The van der Waals surface area contributed by atoms with Crippen molar-refractivity contribution in [2.75, 3.05) is 67.7 Å². The molecule has 4 N–H and O–H groups in total. The summed E-state index contributed by atoms with van der Waals surface area (Å²) in [5.74, 6) is -0.980. The number of pyridine rings is 3. The van der Waals surface area contributed by atoms with E-state index in [1.54, 1.807) is 54.9 Å². The fourth-order valence-electron chi connectivity index (χ4n) is 11.5. The van der Waals surface area contributed by atoms with Crippen LogP contribution in [0.2, 0.25) is 0 Å². The molecule has 0 spiro atoms. The molecule has 2 fully saturated rings. The molecule has 3 aliphatic heterocycles. The van der Waals surface area contributed by atoms with Gasteiger partial charge in [0, 0.05) is 76.6 Å². The lowest BCUT2D eigenvalue weighted by Crippen LogP contribution is -2.36. The molecule has 5 aromatic heterocycles. The van der Waals surface area contributed by atoms with Crippen molar-refractivity contribution in [3.8, 4) is 33.8 Å². The van der Waals surface area contributed by atoms with Gasteiger partial charge in [-0.2, -0.15) is 0 Å². The van der Waals surface area contributed by atoms with Gasteiger partial charge in [-0.3, -0.25) is 14.5 Å². The van der Waals surface area contributed by atoms with Gasteiger partial charge in [0.2, 0.25) is 0 Å². The largest absolute Gasteiger partial charge is 0.378 e. The van der Waals surface area contributed by atoms with Gasteiger partial charge in [0.25, 0.3) is 11.8 Å². The lowest BCUT2D eigenvalue weighted by atomic mass is 10.0. The molecule has 15 rings (SSSR count). The minimum atomic E-state index is -0.381. The first-order valence-corrected chi connectivity index (χ1v) is 29.7. The highest BCUT2D eigenvalue weighted by Gasteiger charge is 2.36. The number of nitrogens with two attached hydrogens (primary N) is 1. The maximum atomic E-state index is 14.2. The topological polar surface area (TPSA) is 193 Å². The number of amides is 2. The summed E-state index contributed by atoms with van der Waals surface area (Å²) in [6.45, 7) is 6.98. The molecule has 444 valence electrons. The van der Waals surface area contributed by atoms with Crippen LogP contribution in [0.25, 0.3) is 77.6 Å². The first kappa shape index (κ1) is 58.1. The quantitative estimate of drug-likeness (QED) is 0.104. The maximum absolute atomic E-state index is 14.2. The summed E-state index contributed by atoms with van der Waals surface area (Å²) < 4.78 is 53.6. The molecule has 0 radical (unpaired) electrons. The van der Waals surface area contributed by atoms with Crippen molar-refractivity contribution < 1.29 is 32.2 Å². The van der Waals surface area contributed by atoms with Crippen molar-refractivity contribution in [1.82, 2.24) is 39.8 Å². The number of imidazole rings is 1. The molecule has 16 nitrogen and oxygen atoms in total. The Kier molecular flexibility index (Phi) is 16.8. The second kappa shape index (κ2) is 25.8. The summed E-state index contributed by atoms with van der Waals surface area (Å²) >= 11 is 3.51. The summed E-state index contributed by atoms with van der Waals surface area (Å²) in [6, 6.07) is 50.1. The number of aromatic amines is 1. The molecule has 0 atom stereocenters. The molecule has 2 saturated heterocycles. The monoisotopic (exact) mass is 1250 g/mol. The standard InChI is InChI=1S/C25H22FN7O.C24H14BrFN2O2.C20H20FN3O/c26-19-5-1-3-17(12-19)21-18(13-27-24-23-25(29-14-28-23)31-15-30-24)11-16-4-2-6-20(22(16)32-21)33-7-9-34-10-8-33;25-20-10-4-6-14-11-16(21(27-22(14)20)15-5-3-7-17(26)12-15)13-28-23(29)18-8-1-2-9-19(18)24(28)30;21-17-5-1-3-15(12-17)19-16(13-22)11-14-4-2-6-18(20(14)23-19)24-7-9-25-10-8-24/h1-6,11-12,14-15H,7-10,13H2,(H2,27,28,29,30,31);1-12H,13H2;1-6,11-12H,7-10,13,22H2. The third kappa shape index (κ3) is 12.2. The maximum Gasteiger partial charge on any atom is 0.261 e. The molecule has 7 aromatic carbocycles. The van der Waals surface area contributed by atoms with Crippen LogP contribution < -0.4 is 20.9 Å². The van der Waals surface area contributed by atoms with Crippen molar-refractivity contribution in [3.05, 3.63) is 232 Å². The van der Waals surface area contributed by atoms with Crippen LogP contribution in [0.1, 0.15) is 37.4 Å². The Morgan fingerprint density at radius 3 is 1.54 bits per heavy atom. The van der Waals surface area contributed by atoms with E-state index >= 15 is 0 Å².